The summed E-state index contributed by atoms with van der Waals surface area (Å²) in [4.78, 5) is 0. The number of aliphatic hydroxyl groups is 1. The van der Waals surface area contributed by atoms with Crippen LogP contribution < -0.4 is 4.74 Å². The molecule has 0 radical (unpaired) electrons. The fourth-order valence-corrected chi connectivity index (χ4v) is 3.06. The molecule has 1 N–H and O–H groups in total. The molecular formula is C14H21NO5S. The summed E-state index contributed by atoms with van der Waals surface area (Å²) in [6, 6.07) is 7.46. The minimum atomic E-state index is -3.37. The third-order valence-electron chi connectivity index (χ3n) is 3.29. The van der Waals surface area contributed by atoms with Crippen LogP contribution in [-0.2, 0) is 14.8 Å². The van der Waals surface area contributed by atoms with Gasteiger partial charge in [-0.3, -0.25) is 0 Å². The Hall–Kier alpha value is -1.15. The van der Waals surface area contributed by atoms with Gasteiger partial charge in [-0.15, -0.1) is 0 Å². The topological polar surface area (TPSA) is 76.1 Å². The monoisotopic (exact) mass is 315 g/mol. The van der Waals surface area contributed by atoms with Crippen LogP contribution in [0.3, 0.4) is 0 Å². The number of hydrogen-bond acceptors (Lipinski definition) is 5. The lowest BCUT2D eigenvalue weighted by molar-refractivity contribution is -0.0594. The Bertz CT molecular complexity index is 589. The number of β-amino-alcohol motifs (C(OH)–C–C–N with tert-alkyl or cyclic N) is 1. The highest BCUT2D eigenvalue weighted by Crippen LogP contribution is 2.18. The van der Waals surface area contributed by atoms with Crippen molar-refractivity contribution >= 4 is 10.0 Å². The van der Waals surface area contributed by atoms with Gasteiger partial charge >= 0.3 is 0 Å². The molecule has 21 heavy (non-hydrogen) atoms. The van der Waals surface area contributed by atoms with E-state index in [0.717, 1.165) is 11.8 Å². The lowest BCUT2D eigenvalue weighted by Crippen LogP contribution is -2.50. The van der Waals surface area contributed by atoms with Crippen molar-refractivity contribution in [2.75, 3.05) is 39.2 Å². The first-order valence-corrected chi connectivity index (χ1v) is 8.58. The molecule has 1 aliphatic heterocycles. The zero-order valence-electron chi connectivity index (χ0n) is 12.3. The second-order valence-corrected chi connectivity index (χ2v) is 7.46. The van der Waals surface area contributed by atoms with E-state index in [-0.39, 0.29) is 32.9 Å². The third-order valence-corrected chi connectivity index (χ3v) is 4.54. The van der Waals surface area contributed by atoms with Crippen molar-refractivity contribution in [3.63, 3.8) is 0 Å². The highest BCUT2D eigenvalue weighted by molar-refractivity contribution is 7.88. The number of sulfonamides is 1. The molecular weight excluding hydrogens is 294 g/mol. The minimum Gasteiger partial charge on any atom is -0.490 e. The Morgan fingerprint density at radius 1 is 1.48 bits per heavy atom. The Morgan fingerprint density at radius 3 is 2.90 bits per heavy atom. The van der Waals surface area contributed by atoms with Gasteiger partial charge in [0.2, 0.25) is 10.0 Å². The molecule has 1 aromatic rings. The molecule has 2 rings (SSSR count). The van der Waals surface area contributed by atoms with E-state index in [1.165, 1.54) is 4.31 Å². The van der Waals surface area contributed by atoms with Crippen molar-refractivity contribution in [3.05, 3.63) is 29.8 Å². The average molecular weight is 315 g/mol. The van der Waals surface area contributed by atoms with Crippen LogP contribution in [-0.4, -0.2) is 62.6 Å². The van der Waals surface area contributed by atoms with Gasteiger partial charge in [0.05, 0.1) is 19.5 Å². The van der Waals surface area contributed by atoms with Crippen LogP contribution in [0, 0.1) is 6.92 Å². The molecule has 0 saturated carbocycles. The fourth-order valence-electron chi connectivity index (χ4n) is 2.17. The average Bonchev–Trinajstić information content (AvgIpc) is 2.59. The molecule has 1 heterocycles. The van der Waals surface area contributed by atoms with Crippen LogP contribution in [0.1, 0.15) is 5.56 Å². The highest BCUT2D eigenvalue weighted by Gasteiger charge is 2.36. The molecule has 1 unspecified atom stereocenters. The summed E-state index contributed by atoms with van der Waals surface area (Å²) in [5.74, 6) is 0.638. The maximum atomic E-state index is 11.7. The predicted octanol–water partition coefficient (Wildman–Crippen LogP) is 0.397. The zero-order valence-corrected chi connectivity index (χ0v) is 13.1. The third kappa shape index (κ3) is 4.67. The normalized spacial score (nSPS) is 24.5. The van der Waals surface area contributed by atoms with Gasteiger partial charge in [0.15, 0.2) is 0 Å². The molecule has 7 heteroatoms. The van der Waals surface area contributed by atoms with E-state index in [2.05, 4.69) is 0 Å². The summed E-state index contributed by atoms with van der Waals surface area (Å²) in [6.07, 6.45) is 1.13. The van der Waals surface area contributed by atoms with Crippen molar-refractivity contribution in [1.82, 2.24) is 4.31 Å². The highest BCUT2D eigenvalue weighted by atomic mass is 32.2. The molecule has 1 saturated heterocycles. The molecule has 0 aliphatic carbocycles. The van der Waals surface area contributed by atoms with E-state index >= 15 is 0 Å². The molecule has 1 aliphatic rings. The molecule has 1 atom stereocenters. The molecule has 0 aromatic heterocycles. The fraction of sp³-hybridized carbons (Fsp3) is 0.571. The van der Waals surface area contributed by atoms with Crippen molar-refractivity contribution in [2.24, 2.45) is 0 Å². The Balaban J connectivity index is 2.05. The largest absolute Gasteiger partial charge is 0.490 e. The molecule has 0 amide bonds. The molecule has 118 valence electrons. The van der Waals surface area contributed by atoms with Crippen molar-refractivity contribution in [3.8, 4) is 5.75 Å². The first-order chi connectivity index (χ1) is 9.78. The van der Waals surface area contributed by atoms with E-state index < -0.39 is 15.6 Å². The number of ether oxygens (including phenoxy) is 2. The molecule has 0 spiro atoms. The molecule has 6 nitrogen and oxygen atoms in total. The summed E-state index contributed by atoms with van der Waals surface area (Å²) in [5, 5.41) is 10.6. The number of nitrogens with zero attached hydrogens (tertiary/aromatic N) is 1. The SMILES string of the molecule is Cc1cccc(OCC2(O)COCCN(S(C)(=O)=O)C2)c1. The smallest absolute Gasteiger partial charge is 0.211 e. The number of rotatable bonds is 4. The molecule has 1 aromatic carbocycles. The lowest BCUT2D eigenvalue weighted by Gasteiger charge is -2.29. The van der Waals surface area contributed by atoms with E-state index in [4.69, 9.17) is 9.47 Å². The van der Waals surface area contributed by atoms with Crippen LogP contribution in [0.4, 0.5) is 0 Å². The van der Waals surface area contributed by atoms with Gasteiger partial charge in [0, 0.05) is 13.1 Å². The van der Waals surface area contributed by atoms with E-state index in [1.54, 1.807) is 6.07 Å². The Kier molecular flexibility index (Phi) is 4.88. The van der Waals surface area contributed by atoms with Crippen molar-refractivity contribution < 1.29 is 23.0 Å². The standard InChI is InChI=1S/C14H21NO5S/c1-12-4-3-5-13(8-12)20-11-14(16)9-15(21(2,17)18)6-7-19-10-14/h3-5,8,16H,6-7,9-11H2,1-2H3. The van der Waals surface area contributed by atoms with Crippen molar-refractivity contribution in [1.29, 1.82) is 0 Å². The zero-order chi connectivity index (χ0) is 15.5. The van der Waals surface area contributed by atoms with E-state index in [1.807, 2.05) is 25.1 Å². The summed E-state index contributed by atoms with van der Waals surface area (Å²) in [5.41, 5.74) is -0.307. The number of hydrogen-bond donors (Lipinski definition) is 1. The Morgan fingerprint density at radius 2 is 2.24 bits per heavy atom. The Labute approximate surface area is 125 Å². The van der Waals surface area contributed by atoms with E-state index in [9.17, 15) is 13.5 Å². The van der Waals surface area contributed by atoms with Crippen molar-refractivity contribution in [2.45, 2.75) is 12.5 Å². The summed E-state index contributed by atoms with van der Waals surface area (Å²) >= 11 is 0. The second-order valence-electron chi connectivity index (χ2n) is 5.48. The number of aryl methyl sites for hydroxylation is 1. The van der Waals surface area contributed by atoms with Crippen LogP contribution in [0.5, 0.6) is 5.75 Å². The van der Waals surface area contributed by atoms with Crippen LogP contribution >= 0.6 is 0 Å². The van der Waals surface area contributed by atoms with Gasteiger partial charge in [0.25, 0.3) is 0 Å². The van der Waals surface area contributed by atoms with E-state index in [0.29, 0.717) is 5.75 Å². The second kappa shape index (κ2) is 6.31. The van der Waals surface area contributed by atoms with Gasteiger partial charge in [-0.1, -0.05) is 12.1 Å². The first-order valence-electron chi connectivity index (χ1n) is 6.73. The van der Waals surface area contributed by atoms with Gasteiger partial charge in [0.1, 0.15) is 18.0 Å². The van der Waals surface area contributed by atoms with Crippen LogP contribution in [0.2, 0.25) is 0 Å². The predicted molar refractivity (Wildman–Crippen MR) is 78.9 cm³/mol. The molecule has 1 fully saturated rings. The summed E-state index contributed by atoms with van der Waals surface area (Å²) in [6.45, 7) is 2.44. The van der Waals surface area contributed by atoms with Crippen LogP contribution in [0.25, 0.3) is 0 Å². The quantitative estimate of drug-likeness (QED) is 0.870. The number of benzene rings is 1. The van der Waals surface area contributed by atoms with Gasteiger partial charge in [-0.2, -0.15) is 4.31 Å². The van der Waals surface area contributed by atoms with Gasteiger partial charge in [-0.05, 0) is 24.6 Å². The molecule has 0 bridgehead atoms. The lowest BCUT2D eigenvalue weighted by atomic mass is 10.1. The van der Waals surface area contributed by atoms with Crippen LogP contribution in [0.15, 0.2) is 24.3 Å². The minimum absolute atomic E-state index is 0.0253. The summed E-state index contributed by atoms with van der Waals surface area (Å²) < 4.78 is 35.5. The first kappa shape index (κ1) is 16.2. The summed E-state index contributed by atoms with van der Waals surface area (Å²) in [7, 11) is -3.37. The maximum Gasteiger partial charge on any atom is 0.211 e. The maximum absolute atomic E-state index is 11.7. The van der Waals surface area contributed by atoms with Gasteiger partial charge < -0.3 is 14.6 Å². The van der Waals surface area contributed by atoms with Gasteiger partial charge in [-0.25, -0.2) is 8.42 Å².